The summed E-state index contributed by atoms with van der Waals surface area (Å²) in [6.45, 7) is 6.14. The molecule has 2 rings (SSSR count). The Balaban J connectivity index is 2.11. The smallest absolute Gasteiger partial charge is 0.137 e. The molecule has 1 aromatic rings. The van der Waals surface area contributed by atoms with Gasteiger partial charge in [0, 0.05) is 6.04 Å². The molecule has 0 amide bonds. The zero-order valence-corrected chi connectivity index (χ0v) is 12.9. The van der Waals surface area contributed by atoms with Crippen LogP contribution in [0, 0.1) is 5.41 Å². The molecule has 112 valence electrons. The number of benzene rings is 1. The summed E-state index contributed by atoms with van der Waals surface area (Å²) in [5, 5.41) is 9.55. The Bertz CT molecular complexity index is 451. The van der Waals surface area contributed by atoms with Gasteiger partial charge in [-0.2, -0.15) is 0 Å². The maximum absolute atomic E-state index is 9.55. The van der Waals surface area contributed by atoms with E-state index in [1.165, 1.54) is 30.4 Å². The molecule has 3 N–H and O–H groups in total. The van der Waals surface area contributed by atoms with E-state index >= 15 is 0 Å². The van der Waals surface area contributed by atoms with Gasteiger partial charge in [-0.1, -0.05) is 26.8 Å². The highest BCUT2D eigenvalue weighted by molar-refractivity contribution is 5.37. The lowest BCUT2D eigenvalue weighted by Gasteiger charge is -2.33. The van der Waals surface area contributed by atoms with Crippen LogP contribution in [0.15, 0.2) is 18.2 Å². The van der Waals surface area contributed by atoms with Gasteiger partial charge in [0.1, 0.15) is 11.9 Å². The van der Waals surface area contributed by atoms with E-state index in [1.54, 1.807) is 0 Å². The highest BCUT2D eigenvalue weighted by Gasteiger charge is 2.30. The summed E-state index contributed by atoms with van der Waals surface area (Å²) >= 11 is 0. The van der Waals surface area contributed by atoms with Crippen molar-refractivity contribution in [3.8, 4) is 5.75 Å². The number of ether oxygens (including phenoxy) is 1. The van der Waals surface area contributed by atoms with Gasteiger partial charge >= 0.3 is 0 Å². The summed E-state index contributed by atoms with van der Waals surface area (Å²) in [7, 11) is 0. The number of hydrogen-bond acceptors (Lipinski definition) is 3. The van der Waals surface area contributed by atoms with Crippen LogP contribution in [-0.4, -0.2) is 23.9 Å². The average Bonchev–Trinajstić information content (AvgIpc) is 2.43. The molecule has 1 aliphatic rings. The van der Waals surface area contributed by atoms with E-state index < -0.39 is 0 Å². The van der Waals surface area contributed by atoms with Crippen molar-refractivity contribution in [2.75, 3.05) is 6.61 Å². The zero-order chi connectivity index (χ0) is 14.8. The summed E-state index contributed by atoms with van der Waals surface area (Å²) < 4.78 is 5.94. The topological polar surface area (TPSA) is 55.5 Å². The molecule has 0 spiro atoms. The summed E-state index contributed by atoms with van der Waals surface area (Å²) in [4.78, 5) is 0. The minimum absolute atomic E-state index is 0.0600. The Hall–Kier alpha value is -1.06. The Morgan fingerprint density at radius 1 is 1.20 bits per heavy atom. The quantitative estimate of drug-likeness (QED) is 0.889. The predicted octanol–water partition coefficient (Wildman–Crippen LogP) is 2.68. The minimum atomic E-state index is -0.364. The number of nitrogens with two attached hydrogens (primary N) is 1. The van der Waals surface area contributed by atoms with Crippen molar-refractivity contribution in [2.24, 2.45) is 11.1 Å². The molecule has 0 aliphatic heterocycles. The SMILES string of the molecule is CC(C)(C)C(N)C(CO)Oc1ccc2c(c1)CCCC2. The van der Waals surface area contributed by atoms with Crippen LogP contribution in [0.1, 0.15) is 44.7 Å². The van der Waals surface area contributed by atoms with Crippen molar-refractivity contribution in [1.82, 2.24) is 0 Å². The van der Waals surface area contributed by atoms with Crippen molar-refractivity contribution in [3.63, 3.8) is 0 Å². The van der Waals surface area contributed by atoms with E-state index in [0.717, 1.165) is 12.2 Å². The second-order valence-electron chi connectivity index (χ2n) is 6.87. The highest BCUT2D eigenvalue weighted by Crippen LogP contribution is 2.28. The minimum Gasteiger partial charge on any atom is -0.486 e. The van der Waals surface area contributed by atoms with Gasteiger partial charge in [0.25, 0.3) is 0 Å². The van der Waals surface area contributed by atoms with Gasteiger partial charge in [0.05, 0.1) is 6.61 Å². The molecule has 20 heavy (non-hydrogen) atoms. The number of fused-ring (bicyclic) bond motifs is 1. The maximum Gasteiger partial charge on any atom is 0.137 e. The summed E-state index contributed by atoms with van der Waals surface area (Å²) in [5.74, 6) is 0.824. The van der Waals surface area contributed by atoms with Crippen LogP contribution >= 0.6 is 0 Å². The zero-order valence-electron chi connectivity index (χ0n) is 12.9. The fourth-order valence-corrected chi connectivity index (χ4v) is 2.74. The van der Waals surface area contributed by atoms with E-state index in [9.17, 15) is 5.11 Å². The molecule has 0 fully saturated rings. The second kappa shape index (κ2) is 6.15. The van der Waals surface area contributed by atoms with E-state index in [2.05, 4.69) is 32.9 Å². The third-order valence-electron chi connectivity index (χ3n) is 4.19. The first kappa shape index (κ1) is 15.3. The van der Waals surface area contributed by atoms with Gasteiger partial charge in [-0.25, -0.2) is 0 Å². The molecular formula is C17H27NO2. The van der Waals surface area contributed by atoms with Crippen molar-refractivity contribution < 1.29 is 9.84 Å². The Kier molecular flexibility index (Phi) is 4.71. The van der Waals surface area contributed by atoms with E-state index in [0.29, 0.717) is 0 Å². The molecule has 0 saturated carbocycles. The van der Waals surface area contributed by atoms with Gasteiger partial charge in [0.2, 0.25) is 0 Å². The monoisotopic (exact) mass is 277 g/mol. The standard InChI is InChI=1S/C17H27NO2/c1-17(2,3)16(18)15(11-19)20-14-9-8-12-6-4-5-7-13(12)10-14/h8-10,15-16,19H,4-7,11,18H2,1-3H3. The maximum atomic E-state index is 9.55. The van der Waals surface area contributed by atoms with Crippen LogP contribution in [0.25, 0.3) is 0 Å². The summed E-state index contributed by atoms with van der Waals surface area (Å²) in [5.41, 5.74) is 8.93. The molecule has 0 radical (unpaired) electrons. The fraction of sp³-hybridized carbons (Fsp3) is 0.647. The van der Waals surface area contributed by atoms with Crippen LogP contribution in [0.4, 0.5) is 0 Å². The van der Waals surface area contributed by atoms with Crippen LogP contribution in [0.2, 0.25) is 0 Å². The van der Waals surface area contributed by atoms with Crippen molar-refractivity contribution in [2.45, 2.75) is 58.6 Å². The predicted molar refractivity (Wildman–Crippen MR) is 82.0 cm³/mol. The van der Waals surface area contributed by atoms with Gasteiger partial charge in [-0.15, -0.1) is 0 Å². The molecule has 0 heterocycles. The van der Waals surface area contributed by atoms with E-state index in [-0.39, 0.29) is 24.2 Å². The molecule has 0 aromatic heterocycles. The average molecular weight is 277 g/mol. The van der Waals surface area contributed by atoms with Gasteiger partial charge in [-0.05, 0) is 54.4 Å². The van der Waals surface area contributed by atoms with Crippen LogP contribution < -0.4 is 10.5 Å². The summed E-state index contributed by atoms with van der Waals surface area (Å²) in [6, 6.07) is 6.07. The number of hydrogen-bond donors (Lipinski definition) is 2. The van der Waals surface area contributed by atoms with Crippen molar-refractivity contribution >= 4 is 0 Å². The second-order valence-corrected chi connectivity index (χ2v) is 6.87. The lowest BCUT2D eigenvalue weighted by Crippen LogP contribution is -2.49. The largest absolute Gasteiger partial charge is 0.486 e. The van der Waals surface area contributed by atoms with Crippen LogP contribution in [0.5, 0.6) is 5.75 Å². The molecule has 0 bridgehead atoms. The first-order valence-corrected chi connectivity index (χ1v) is 7.56. The summed E-state index contributed by atoms with van der Waals surface area (Å²) in [6.07, 6.45) is 4.46. The Morgan fingerprint density at radius 2 is 1.85 bits per heavy atom. The Morgan fingerprint density at radius 3 is 2.45 bits per heavy atom. The third kappa shape index (κ3) is 3.53. The third-order valence-corrected chi connectivity index (χ3v) is 4.19. The lowest BCUT2D eigenvalue weighted by atomic mass is 9.84. The molecule has 3 heteroatoms. The van der Waals surface area contributed by atoms with Crippen molar-refractivity contribution in [3.05, 3.63) is 29.3 Å². The number of aliphatic hydroxyl groups is 1. The molecule has 2 unspecified atom stereocenters. The van der Waals surface area contributed by atoms with E-state index in [1.807, 2.05) is 6.07 Å². The van der Waals surface area contributed by atoms with E-state index in [4.69, 9.17) is 10.5 Å². The molecule has 0 saturated heterocycles. The first-order valence-electron chi connectivity index (χ1n) is 7.56. The first-order chi connectivity index (χ1) is 9.41. The molecule has 1 aliphatic carbocycles. The Labute approximate surface area is 122 Å². The molecule has 3 nitrogen and oxygen atoms in total. The van der Waals surface area contributed by atoms with Crippen molar-refractivity contribution in [1.29, 1.82) is 0 Å². The number of aryl methyl sites for hydroxylation is 2. The van der Waals surface area contributed by atoms with Crippen LogP contribution in [-0.2, 0) is 12.8 Å². The normalized spacial score (nSPS) is 18.2. The van der Waals surface area contributed by atoms with Gasteiger partial charge in [0.15, 0.2) is 0 Å². The molecule has 2 atom stereocenters. The number of aliphatic hydroxyl groups excluding tert-OH is 1. The lowest BCUT2D eigenvalue weighted by molar-refractivity contribution is 0.0591. The molecule has 1 aromatic carbocycles. The van der Waals surface area contributed by atoms with Gasteiger partial charge in [-0.3, -0.25) is 0 Å². The number of rotatable bonds is 4. The highest BCUT2D eigenvalue weighted by atomic mass is 16.5. The fourth-order valence-electron chi connectivity index (χ4n) is 2.74. The van der Waals surface area contributed by atoms with Gasteiger partial charge < -0.3 is 15.6 Å². The molecular weight excluding hydrogens is 250 g/mol. The van der Waals surface area contributed by atoms with Crippen LogP contribution in [0.3, 0.4) is 0 Å².